The number of carboxylic acids is 2. The van der Waals surface area contributed by atoms with Crippen molar-refractivity contribution in [3.63, 3.8) is 0 Å². The number of amides is 1. The smallest absolute Gasteiger partial charge is 0.355 e. The van der Waals surface area contributed by atoms with Gasteiger partial charge in [-0.15, -0.1) is 15.1 Å². The summed E-state index contributed by atoms with van der Waals surface area (Å²) in [7, 11) is -1.99. The molecule has 2 unspecified atom stereocenters. The van der Waals surface area contributed by atoms with Gasteiger partial charge in [-0.2, -0.15) is 12.6 Å². The summed E-state index contributed by atoms with van der Waals surface area (Å²) in [6.45, 7) is 3.22. The Bertz CT molecular complexity index is 930. The van der Waals surface area contributed by atoms with Gasteiger partial charge in [0.2, 0.25) is 5.91 Å². The first-order valence-electron chi connectivity index (χ1n) is 8.29. The van der Waals surface area contributed by atoms with Crippen molar-refractivity contribution in [2.75, 3.05) is 17.4 Å². The summed E-state index contributed by atoms with van der Waals surface area (Å²) in [6, 6.07) is 0. The minimum Gasteiger partial charge on any atom is -0.477 e. The maximum absolute atomic E-state index is 12.1. The number of carboxylic acid groups (broad SMARTS) is 2. The number of rotatable bonds is 9. The van der Waals surface area contributed by atoms with Crippen LogP contribution in [0.3, 0.4) is 0 Å². The SMILES string of the molecule is C=CCO/N=C(/Cn1nnnc1S1(CS)CC=C(C(=O)O)N2C(=O)CC21)C(=O)O. The van der Waals surface area contributed by atoms with Crippen LogP contribution >= 0.6 is 22.7 Å². The van der Waals surface area contributed by atoms with Gasteiger partial charge in [0.15, 0.2) is 10.9 Å². The van der Waals surface area contributed by atoms with Gasteiger partial charge in [0.25, 0.3) is 0 Å². The Hall–Kier alpha value is -2.87. The van der Waals surface area contributed by atoms with Gasteiger partial charge in [0.1, 0.15) is 12.3 Å². The molecule has 12 nitrogen and oxygen atoms in total. The number of aromatic nitrogens is 4. The molecule has 0 bridgehead atoms. The van der Waals surface area contributed by atoms with Crippen LogP contribution in [0.4, 0.5) is 0 Å². The molecule has 1 saturated heterocycles. The minimum atomic E-state index is -1.99. The summed E-state index contributed by atoms with van der Waals surface area (Å²) < 4.78 is 1.29. The molecule has 0 aliphatic carbocycles. The summed E-state index contributed by atoms with van der Waals surface area (Å²) in [4.78, 5) is 41.2. The van der Waals surface area contributed by atoms with Gasteiger partial charge < -0.3 is 15.1 Å². The van der Waals surface area contributed by atoms with Crippen molar-refractivity contribution in [1.82, 2.24) is 25.1 Å². The summed E-state index contributed by atoms with van der Waals surface area (Å²) in [6.07, 6.45) is 3.04. The summed E-state index contributed by atoms with van der Waals surface area (Å²) in [5, 5.41) is 34.2. The van der Waals surface area contributed by atoms with Gasteiger partial charge in [0.05, 0.1) is 18.3 Å². The van der Waals surface area contributed by atoms with E-state index in [9.17, 15) is 24.6 Å². The number of hydrogen-bond acceptors (Lipinski definition) is 9. The van der Waals surface area contributed by atoms with Crippen LogP contribution in [0, 0.1) is 0 Å². The van der Waals surface area contributed by atoms with E-state index in [1.807, 2.05) is 0 Å². The minimum absolute atomic E-state index is 0.0347. The molecular weight excluding hydrogens is 424 g/mol. The molecule has 0 radical (unpaired) electrons. The summed E-state index contributed by atoms with van der Waals surface area (Å²) in [5.74, 6) is -2.48. The topological polar surface area (TPSA) is 160 Å². The average Bonchev–Trinajstić information content (AvgIpc) is 3.14. The fourth-order valence-electron chi connectivity index (χ4n) is 3.09. The maximum Gasteiger partial charge on any atom is 0.355 e. The quantitative estimate of drug-likeness (QED) is 0.119. The third kappa shape index (κ3) is 3.60. The fraction of sp³-hybridized carbons (Fsp3) is 0.400. The molecule has 2 aliphatic rings. The lowest BCUT2D eigenvalue weighted by atomic mass is 10.1. The number of thiol groups is 1. The first kappa shape index (κ1) is 20.9. The normalized spacial score (nSPS) is 25.9. The first-order chi connectivity index (χ1) is 13.9. The number of carbonyl (C=O) groups is 3. The zero-order chi connectivity index (χ0) is 21.2. The van der Waals surface area contributed by atoms with Crippen LogP contribution in [-0.2, 0) is 25.8 Å². The van der Waals surface area contributed by atoms with Gasteiger partial charge >= 0.3 is 11.9 Å². The van der Waals surface area contributed by atoms with E-state index in [2.05, 4.69) is 39.9 Å². The van der Waals surface area contributed by atoms with Crippen LogP contribution in [0.15, 0.2) is 34.7 Å². The second-order valence-electron chi connectivity index (χ2n) is 6.10. The monoisotopic (exact) mass is 442 g/mol. The number of β-lactam (4-membered cyclic amide) rings is 1. The zero-order valence-corrected chi connectivity index (χ0v) is 16.8. The van der Waals surface area contributed by atoms with Crippen molar-refractivity contribution in [3.8, 4) is 0 Å². The van der Waals surface area contributed by atoms with Crippen molar-refractivity contribution >= 4 is 46.2 Å². The van der Waals surface area contributed by atoms with Gasteiger partial charge in [-0.25, -0.2) is 14.3 Å². The molecule has 2 N–H and O–H groups in total. The predicted octanol–water partition coefficient (Wildman–Crippen LogP) is -0.0924. The molecule has 2 aliphatic heterocycles. The zero-order valence-electron chi connectivity index (χ0n) is 15.0. The van der Waals surface area contributed by atoms with E-state index in [4.69, 9.17) is 4.84 Å². The number of hydrogen-bond donors (Lipinski definition) is 3. The summed E-state index contributed by atoms with van der Waals surface area (Å²) in [5.41, 5.74) is -0.394. The van der Waals surface area contributed by atoms with Crippen LogP contribution in [0.2, 0.25) is 0 Å². The lowest BCUT2D eigenvalue weighted by molar-refractivity contribution is -0.146. The van der Waals surface area contributed by atoms with E-state index in [1.165, 1.54) is 21.7 Å². The number of tetrazole rings is 1. The highest BCUT2D eigenvalue weighted by atomic mass is 32.3. The van der Waals surface area contributed by atoms with Crippen LogP contribution in [0.1, 0.15) is 6.42 Å². The van der Waals surface area contributed by atoms with Crippen LogP contribution < -0.4 is 0 Å². The van der Waals surface area contributed by atoms with E-state index in [0.29, 0.717) is 10.9 Å². The van der Waals surface area contributed by atoms with Crippen molar-refractivity contribution in [1.29, 1.82) is 0 Å². The Kier molecular flexibility index (Phi) is 5.93. The molecule has 14 heteroatoms. The molecule has 2 atom stereocenters. The van der Waals surface area contributed by atoms with E-state index < -0.39 is 27.3 Å². The van der Waals surface area contributed by atoms with Crippen LogP contribution in [0.5, 0.6) is 0 Å². The van der Waals surface area contributed by atoms with E-state index in [1.54, 1.807) is 0 Å². The lowest BCUT2D eigenvalue weighted by Crippen LogP contribution is -2.58. The predicted molar refractivity (Wildman–Crippen MR) is 105 cm³/mol. The molecule has 3 heterocycles. The molecule has 156 valence electrons. The Balaban J connectivity index is 1.97. The second-order valence-corrected chi connectivity index (χ2v) is 10.3. The van der Waals surface area contributed by atoms with Crippen molar-refractivity contribution in [2.45, 2.75) is 23.5 Å². The van der Waals surface area contributed by atoms with Crippen LogP contribution in [0.25, 0.3) is 0 Å². The van der Waals surface area contributed by atoms with Crippen molar-refractivity contribution in [3.05, 3.63) is 24.4 Å². The number of nitrogens with zero attached hydrogens (tertiary/aromatic N) is 6. The number of oxime groups is 1. The highest BCUT2D eigenvalue weighted by molar-refractivity contribution is 8.38. The highest BCUT2D eigenvalue weighted by Gasteiger charge is 2.54. The van der Waals surface area contributed by atoms with Crippen molar-refractivity contribution < 1.29 is 29.4 Å². The molecule has 0 spiro atoms. The highest BCUT2D eigenvalue weighted by Crippen LogP contribution is 2.66. The van der Waals surface area contributed by atoms with Gasteiger partial charge in [-0.1, -0.05) is 17.8 Å². The fourth-order valence-corrected chi connectivity index (χ4v) is 7.55. The van der Waals surface area contributed by atoms with Crippen LogP contribution in [-0.4, -0.2) is 81.7 Å². The largest absolute Gasteiger partial charge is 0.477 e. The Morgan fingerprint density at radius 3 is 2.83 bits per heavy atom. The number of aliphatic carboxylic acids is 2. The Morgan fingerprint density at radius 2 is 2.24 bits per heavy atom. The molecule has 1 aromatic heterocycles. The molecule has 1 aromatic rings. The number of carbonyl (C=O) groups excluding carboxylic acids is 1. The Labute approximate surface area is 171 Å². The maximum atomic E-state index is 12.1. The van der Waals surface area contributed by atoms with E-state index >= 15 is 0 Å². The molecule has 3 rings (SSSR count). The molecule has 1 amide bonds. The standard InChI is InChI=1S/C15H18N6O6S2/c1-2-4-27-17-9(13(23)24)7-20-15(16-18-19-20)29(8-28)5-3-10(14(25)26)21-11(22)6-12(21)29/h2-3,12,28H,1,4-8H2,(H,23,24)(H,25,26)/b17-9-. The average molecular weight is 442 g/mol. The van der Waals surface area contributed by atoms with Gasteiger partial charge in [0, 0.05) is 10.8 Å². The molecule has 29 heavy (non-hydrogen) atoms. The number of fused-ring (bicyclic) bond motifs is 1. The first-order valence-corrected chi connectivity index (χ1v) is 11.0. The Morgan fingerprint density at radius 1 is 1.48 bits per heavy atom. The van der Waals surface area contributed by atoms with E-state index in [-0.39, 0.29) is 42.0 Å². The van der Waals surface area contributed by atoms with Gasteiger partial charge in [-0.05, 0) is 16.5 Å². The molecule has 1 fully saturated rings. The summed E-state index contributed by atoms with van der Waals surface area (Å²) >= 11 is 4.46. The molecule has 0 saturated carbocycles. The third-order valence-electron chi connectivity index (χ3n) is 4.49. The van der Waals surface area contributed by atoms with E-state index in [0.717, 1.165) is 0 Å². The third-order valence-corrected chi connectivity index (χ3v) is 9.53. The second kappa shape index (κ2) is 8.24. The molecular formula is C15H18N6O6S2. The van der Waals surface area contributed by atoms with Gasteiger partial charge in [-0.3, -0.25) is 9.69 Å². The van der Waals surface area contributed by atoms with Crippen molar-refractivity contribution in [2.24, 2.45) is 5.16 Å². The molecule has 0 aromatic carbocycles. The lowest BCUT2D eigenvalue weighted by Gasteiger charge is -2.55.